The number of hydrogen-bond acceptors (Lipinski definition) is 4. The molecule has 108 valence electrons. The second-order valence-corrected chi connectivity index (χ2v) is 4.24. The highest BCUT2D eigenvalue weighted by Gasteiger charge is 2.19. The van der Waals surface area contributed by atoms with Crippen molar-refractivity contribution in [3.8, 4) is 12.3 Å². The third kappa shape index (κ3) is 3.09. The van der Waals surface area contributed by atoms with Gasteiger partial charge in [0.2, 0.25) is 5.91 Å². The zero-order valence-corrected chi connectivity index (χ0v) is 10.9. The maximum Gasteiger partial charge on any atom is 0.350 e. The van der Waals surface area contributed by atoms with Crippen LogP contribution in [0.5, 0.6) is 0 Å². The zero-order chi connectivity index (χ0) is 15.4. The van der Waals surface area contributed by atoms with Gasteiger partial charge in [-0.1, -0.05) is 6.07 Å². The van der Waals surface area contributed by atoms with Crippen LogP contribution in [0.2, 0.25) is 0 Å². The molecule has 1 atom stereocenters. The van der Waals surface area contributed by atoms with Gasteiger partial charge in [0.15, 0.2) is 5.65 Å². The number of fused-ring (bicyclic) bond motifs is 1. The van der Waals surface area contributed by atoms with Crippen LogP contribution < -0.4 is 11.0 Å². The lowest BCUT2D eigenvalue weighted by Crippen LogP contribution is -2.43. The molecule has 21 heavy (non-hydrogen) atoms. The van der Waals surface area contributed by atoms with Crippen molar-refractivity contribution >= 4 is 17.5 Å². The van der Waals surface area contributed by atoms with E-state index in [1.165, 1.54) is 10.6 Å². The fourth-order valence-electron chi connectivity index (χ4n) is 1.77. The summed E-state index contributed by atoms with van der Waals surface area (Å²) in [5.41, 5.74) is -0.0849. The lowest BCUT2D eigenvalue weighted by Gasteiger charge is -2.11. The summed E-state index contributed by atoms with van der Waals surface area (Å²) in [5, 5.41) is 15.1. The molecule has 0 radical (unpaired) electrons. The van der Waals surface area contributed by atoms with Crippen molar-refractivity contribution in [1.82, 2.24) is 19.5 Å². The van der Waals surface area contributed by atoms with Crippen molar-refractivity contribution in [2.45, 2.75) is 19.0 Å². The standard InChI is InChI=1S/C13H12N4O4/c1-2-5-9(12(19)20)14-11(18)8-17-13(21)16-7-4-3-6-10(16)15-17/h1,3-4,6-7,9H,5,8H2,(H,14,18)(H,19,20). The number of hydrogen-bond donors (Lipinski definition) is 2. The van der Waals surface area contributed by atoms with Gasteiger partial charge < -0.3 is 10.4 Å². The molecule has 0 aliphatic heterocycles. The molecular formula is C13H12N4O4. The average molecular weight is 288 g/mol. The molecule has 8 nitrogen and oxygen atoms in total. The van der Waals surface area contributed by atoms with E-state index < -0.39 is 23.6 Å². The number of terminal acetylenes is 1. The Labute approximate surface area is 119 Å². The number of carbonyl (C=O) groups is 2. The van der Waals surface area contributed by atoms with Gasteiger partial charge in [0, 0.05) is 12.6 Å². The Morgan fingerprint density at radius 3 is 2.86 bits per heavy atom. The average Bonchev–Trinajstić information content (AvgIpc) is 2.75. The van der Waals surface area contributed by atoms with E-state index in [-0.39, 0.29) is 13.0 Å². The number of carboxylic acid groups (broad SMARTS) is 1. The lowest BCUT2D eigenvalue weighted by atomic mass is 10.2. The lowest BCUT2D eigenvalue weighted by molar-refractivity contribution is -0.141. The molecule has 2 heterocycles. The molecule has 0 spiro atoms. The molecule has 0 aliphatic rings. The van der Waals surface area contributed by atoms with Crippen LogP contribution in [0.15, 0.2) is 29.2 Å². The number of aromatic nitrogens is 3. The maximum absolute atomic E-state index is 11.9. The minimum Gasteiger partial charge on any atom is -0.480 e. The molecule has 0 aliphatic carbocycles. The number of rotatable bonds is 5. The van der Waals surface area contributed by atoms with Crippen molar-refractivity contribution in [2.75, 3.05) is 0 Å². The summed E-state index contributed by atoms with van der Waals surface area (Å²) in [6.07, 6.45) is 6.42. The van der Waals surface area contributed by atoms with Crippen LogP contribution in [0.25, 0.3) is 5.65 Å². The molecule has 1 unspecified atom stereocenters. The number of carbonyl (C=O) groups excluding carboxylic acids is 1. The van der Waals surface area contributed by atoms with Crippen LogP contribution in [-0.2, 0) is 16.1 Å². The normalized spacial score (nSPS) is 11.8. The van der Waals surface area contributed by atoms with Crippen LogP contribution in [0.1, 0.15) is 6.42 Å². The van der Waals surface area contributed by atoms with Gasteiger partial charge in [0.05, 0.1) is 0 Å². The first-order chi connectivity index (χ1) is 10.0. The van der Waals surface area contributed by atoms with Crippen LogP contribution in [0.3, 0.4) is 0 Å². The van der Waals surface area contributed by atoms with Crippen LogP contribution in [0.4, 0.5) is 0 Å². The fraction of sp³-hybridized carbons (Fsp3) is 0.231. The fourth-order valence-corrected chi connectivity index (χ4v) is 1.77. The zero-order valence-electron chi connectivity index (χ0n) is 10.9. The van der Waals surface area contributed by atoms with Gasteiger partial charge in [0.1, 0.15) is 12.6 Å². The molecule has 2 rings (SSSR count). The van der Waals surface area contributed by atoms with Crippen molar-refractivity contribution in [1.29, 1.82) is 0 Å². The minimum atomic E-state index is -1.23. The minimum absolute atomic E-state index is 0.138. The predicted molar refractivity (Wildman–Crippen MR) is 72.5 cm³/mol. The Morgan fingerprint density at radius 1 is 1.48 bits per heavy atom. The van der Waals surface area contributed by atoms with Crippen molar-refractivity contribution < 1.29 is 14.7 Å². The molecule has 0 aromatic carbocycles. The summed E-state index contributed by atoms with van der Waals surface area (Å²) < 4.78 is 2.24. The van der Waals surface area contributed by atoms with Crippen molar-refractivity contribution in [3.05, 3.63) is 34.9 Å². The number of pyridine rings is 1. The summed E-state index contributed by atoms with van der Waals surface area (Å²) in [5.74, 6) is 0.285. The van der Waals surface area contributed by atoms with Gasteiger partial charge in [-0.05, 0) is 12.1 Å². The van der Waals surface area contributed by atoms with Crippen LogP contribution >= 0.6 is 0 Å². The summed E-state index contributed by atoms with van der Waals surface area (Å²) in [6.45, 7) is -0.380. The summed E-state index contributed by atoms with van der Waals surface area (Å²) in [4.78, 5) is 34.6. The first kappa shape index (κ1) is 14.3. The molecule has 0 saturated heterocycles. The number of carboxylic acids is 1. The van der Waals surface area contributed by atoms with Gasteiger partial charge >= 0.3 is 11.7 Å². The van der Waals surface area contributed by atoms with Gasteiger partial charge in [-0.25, -0.2) is 14.3 Å². The first-order valence-electron chi connectivity index (χ1n) is 6.02. The SMILES string of the molecule is C#CCC(NC(=O)Cn1nc2ccccn2c1=O)C(=O)O. The van der Waals surface area contributed by atoms with Crippen LogP contribution in [-0.4, -0.2) is 37.2 Å². The van der Waals surface area contributed by atoms with E-state index in [2.05, 4.69) is 16.3 Å². The molecule has 0 fully saturated rings. The topological polar surface area (TPSA) is 106 Å². The van der Waals surface area contributed by atoms with Crippen molar-refractivity contribution in [3.63, 3.8) is 0 Å². The van der Waals surface area contributed by atoms with Gasteiger partial charge in [-0.2, -0.15) is 0 Å². The molecule has 2 N–H and O–H groups in total. The second kappa shape index (κ2) is 5.92. The number of aliphatic carboxylic acids is 1. The maximum atomic E-state index is 11.9. The Balaban J connectivity index is 2.15. The highest BCUT2D eigenvalue weighted by Crippen LogP contribution is 1.96. The van der Waals surface area contributed by atoms with E-state index in [0.717, 1.165) is 4.68 Å². The quantitative estimate of drug-likeness (QED) is 0.693. The van der Waals surface area contributed by atoms with E-state index in [1.54, 1.807) is 18.2 Å². The van der Waals surface area contributed by atoms with Gasteiger partial charge in [-0.15, -0.1) is 17.4 Å². The summed E-state index contributed by atoms with van der Waals surface area (Å²) >= 11 is 0. The Bertz CT molecular complexity index is 783. The Hall–Kier alpha value is -3.08. The Kier molecular flexibility index (Phi) is 4.04. The number of amides is 1. The molecule has 2 aromatic rings. The Morgan fingerprint density at radius 2 is 2.24 bits per heavy atom. The van der Waals surface area contributed by atoms with E-state index in [0.29, 0.717) is 5.65 Å². The number of nitrogens with one attached hydrogen (secondary N) is 1. The van der Waals surface area contributed by atoms with E-state index in [4.69, 9.17) is 11.5 Å². The first-order valence-corrected chi connectivity index (χ1v) is 6.02. The molecular weight excluding hydrogens is 276 g/mol. The summed E-state index contributed by atoms with van der Waals surface area (Å²) in [6, 6.07) is 3.80. The van der Waals surface area contributed by atoms with E-state index in [9.17, 15) is 14.4 Å². The second-order valence-electron chi connectivity index (χ2n) is 4.24. The molecule has 8 heteroatoms. The molecule has 1 amide bonds. The highest BCUT2D eigenvalue weighted by atomic mass is 16.4. The van der Waals surface area contributed by atoms with Crippen molar-refractivity contribution in [2.24, 2.45) is 0 Å². The predicted octanol–water partition coefficient (Wildman–Crippen LogP) is -0.911. The largest absolute Gasteiger partial charge is 0.480 e. The van der Waals surface area contributed by atoms with Gasteiger partial charge in [0.25, 0.3) is 0 Å². The smallest absolute Gasteiger partial charge is 0.350 e. The van der Waals surface area contributed by atoms with Crippen LogP contribution in [0, 0.1) is 12.3 Å². The molecule has 0 saturated carbocycles. The summed E-state index contributed by atoms with van der Waals surface area (Å²) in [7, 11) is 0. The van der Waals surface area contributed by atoms with Gasteiger partial charge in [-0.3, -0.25) is 9.20 Å². The number of nitrogens with zero attached hydrogens (tertiary/aromatic N) is 3. The molecule has 2 aromatic heterocycles. The van der Waals surface area contributed by atoms with E-state index >= 15 is 0 Å². The third-order valence-corrected chi connectivity index (χ3v) is 2.74. The highest BCUT2D eigenvalue weighted by molar-refractivity contribution is 5.83. The monoisotopic (exact) mass is 288 g/mol. The van der Waals surface area contributed by atoms with E-state index in [1.807, 2.05) is 0 Å². The third-order valence-electron chi connectivity index (χ3n) is 2.74. The molecule has 0 bridgehead atoms.